The Kier molecular flexibility index (Phi) is 3.96. The largest absolute Gasteiger partial charge is 0.489 e. The van der Waals surface area contributed by atoms with Crippen LogP contribution in [-0.2, 0) is 6.42 Å². The van der Waals surface area contributed by atoms with Crippen molar-refractivity contribution in [2.24, 2.45) is 5.41 Å². The molecule has 0 aliphatic heterocycles. The van der Waals surface area contributed by atoms with Crippen LogP contribution >= 0.6 is 0 Å². The summed E-state index contributed by atoms with van der Waals surface area (Å²) in [7, 11) is 2.04. The third kappa shape index (κ3) is 2.69. The first-order chi connectivity index (χ1) is 8.56. The minimum Gasteiger partial charge on any atom is -0.489 e. The monoisotopic (exact) mass is 247 g/mol. The summed E-state index contributed by atoms with van der Waals surface area (Å²) in [4.78, 5) is 0. The van der Waals surface area contributed by atoms with Crippen molar-refractivity contribution in [1.29, 1.82) is 0 Å². The van der Waals surface area contributed by atoms with Crippen molar-refractivity contribution in [3.8, 4) is 5.75 Å². The van der Waals surface area contributed by atoms with E-state index in [2.05, 4.69) is 50.4 Å². The Hall–Kier alpha value is -1.02. The smallest absolute Gasteiger partial charge is 0.119 e. The lowest BCUT2D eigenvalue weighted by molar-refractivity contribution is 0.146. The summed E-state index contributed by atoms with van der Waals surface area (Å²) in [5.74, 6) is 0.996. The van der Waals surface area contributed by atoms with Crippen LogP contribution in [0, 0.1) is 5.41 Å². The zero-order valence-electron chi connectivity index (χ0n) is 12.0. The van der Waals surface area contributed by atoms with E-state index in [1.54, 1.807) is 0 Å². The maximum Gasteiger partial charge on any atom is 0.119 e. The molecule has 0 heterocycles. The number of ether oxygens (including phenoxy) is 1. The molecule has 1 aromatic rings. The first kappa shape index (κ1) is 13.4. The van der Waals surface area contributed by atoms with Gasteiger partial charge in [-0.25, -0.2) is 0 Å². The Morgan fingerprint density at radius 1 is 1.28 bits per heavy atom. The van der Waals surface area contributed by atoms with Crippen LogP contribution in [0.5, 0.6) is 5.75 Å². The first-order valence-electron chi connectivity index (χ1n) is 6.99. The summed E-state index contributed by atoms with van der Waals surface area (Å²) in [5.41, 5.74) is 1.68. The van der Waals surface area contributed by atoms with Crippen LogP contribution in [0.25, 0.3) is 0 Å². The zero-order valence-corrected chi connectivity index (χ0v) is 12.0. The molecule has 1 N–H and O–H groups in total. The summed E-state index contributed by atoms with van der Waals surface area (Å²) in [5, 5.41) is 3.42. The third-order valence-corrected chi connectivity index (χ3v) is 4.22. The first-order valence-corrected chi connectivity index (χ1v) is 6.99. The van der Waals surface area contributed by atoms with E-state index in [9.17, 15) is 0 Å². The van der Waals surface area contributed by atoms with Gasteiger partial charge in [0.25, 0.3) is 0 Å². The van der Waals surface area contributed by atoms with Crippen LogP contribution in [0.1, 0.15) is 39.2 Å². The van der Waals surface area contributed by atoms with E-state index >= 15 is 0 Å². The SMILES string of the molecule is CCc1ccc(OC2CCC(C)(C)C2NC)cc1. The molecule has 100 valence electrons. The normalized spacial score (nSPS) is 26.2. The van der Waals surface area contributed by atoms with Crippen molar-refractivity contribution >= 4 is 0 Å². The van der Waals surface area contributed by atoms with Gasteiger partial charge in [0.05, 0.1) is 0 Å². The van der Waals surface area contributed by atoms with E-state index in [-0.39, 0.29) is 6.10 Å². The minimum atomic E-state index is 0.289. The number of hydrogen-bond donors (Lipinski definition) is 1. The molecule has 2 atom stereocenters. The van der Waals surface area contributed by atoms with Gasteiger partial charge in [0.1, 0.15) is 11.9 Å². The summed E-state index contributed by atoms with van der Waals surface area (Å²) < 4.78 is 6.15. The quantitative estimate of drug-likeness (QED) is 0.880. The van der Waals surface area contributed by atoms with Gasteiger partial charge in [-0.05, 0) is 49.4 Å². The Morgan fingerprint density at radius 2 is 1.94 bits per heavy atom. The fourth-order valence-electron chi connectivity index (χ4n) is 3.02. The summed E-state index contributed by atoms with van der Waals surface area (Å²) in [6.07, 6.45) is 3.72. The molecule has 0 aromatic heterocycles. The van der Waals surface area contributed by atoms with E-state index < -0.39 is 0 Å². The van der Waals surface area contributed by atoms with Crippen LogP contribution in [0.3, 0.4) is 0 Å². The molecule has 0 saturated heterocycles. The van der Waals surface area contributed by atoms with Crippen molar-refractivity contribution in [2.45, 2.75) is 52.2 Å². The molecule has 2 heteroatoms. The van der Waals surface area contributed by atoms with Gasteiger partial charge in [0, 0.05) is 6.04 Å². The highest BCUT2D eigenvalue weighted by molar-refractivity contribution is 5.27. The number of likely N-dealkylation sites (N-methyl/N-ethyl adjacent to an activating group) is 1. The molecule has 2 rings (SSSR count). The zero-order chi connectivity index (χ0) is 13.2. The standard InChI is InChI=1S/C16H25NO/c1-5-12-6-8-13(9-7-12)18-14-10-11-16(2,3)15(14)17-4/h6-9,14-15,17H,5,10-11H2,1-4H3. The molecular weight excluding hydrogens is 222 g/mol. The Bertz CT molecular complexity index is 383. The van der Waals surface area contributed by atoms with Crippen LogP contribution in [0.2, 0.25) is 0 Å². The molecule has 1 aliphatic carbocycles. The maximum atomic E-state index is 6.15. The molecule has 1 fully saturated rings. The van der Waals surface area contributed by atoms with E-state index in [0.29, 0.717) is 11.5 Å². The Morgan fingerprint density at radius 3 is 2.50 bits per heavy atom. The average molecular weight is 247 g/mol. The van der Waals surface area contributed by atoms with E-state index in [1.165, 1.54) is 12.0 Å². The predicted molar refractivity (Wildman–Crippen MR) is 76.1 cm³/mol. The Balaban J connectivity index is 2.04. The summed E-state index contributed by atoms with van der Waals surface area (Å²) in [6, 6.07) is 8.94. The second kappa shape index (κ2) is 5.31. The molecule has 18 heavy (non-hydrogen) atoms. The number of nitrogens with one attached hydrogen (secondary N) is 1. The molecule has 0 bridgehead atoms. The molecule has 0 spiro atoms. The van der Waals surface area contributed by atoms with Gasteiger partial charge >= 0.3 is 0 Å². The topological polar surface area (TPSA) is 21.3 Å². The fraction of sp³-hybridized carbons (Fsp3) is 0.625. The molecule has 1 saturated carbocycles. The Labute approximate surface area is 111 Å². The van der Waals surface area contributed by atoms with Crippen molar-refractivity contribution in [3.05, 3.63) is 29.8 Å². The van der Waals surface area contributed by atoms with Gasteiger partial charge < -0.3 is 10.1 Å². The van der Waals surface area contributed by atoms with E-state index in [0.717, 1.165) is 18.6 Å². The predicted octanol–water partition coefficient (Wildman–Crippen LogP) is 3.40. The van der Waals surface area contributed by atoms with Gasteiger partial charge in [-0.1, -0.05) is 32.9 Å². The van der Waals surface area contributed by atoms with Gasteiger partial charge in [-0.2, -0.15) is 0 Å². The number of hydrogen-bond acceptors (Lipinski definition) is 2. The molecule has 2 unspecified atom stereocenters. The molecule has 0 radical (unpaired) electrons. The fourth-order valence-corrected chi connectivity index (χ4v) is 3.02. The lowest BCUT2D eigenvalue weighted by Gasteiger charge is -2.30. The summed E-state index contributed by atoms with van der Waals surface area (Å²) >= 11 is 0. The molecule has 2 nitrogen and oxygen atoms in total. The highest BCUT2D eigenvalue weighted by atomic mass is 16.5. The number of rotatable bonds is 4. The van der Waals surface area contributed by atoms with Crippen LogP contribution in [0.15, 0.2) is 24.3 Å². The highest BCUT2D eigenvalue weighted by Gasteiger charge is 2.42. The second-order valence-electron chi connectivity index (χ2n) is 5.95. The van der Waals surface area contributed by atoms with Crippen molar-refractivity contribution < 1.29 is 4.74 Å². The average Bonchev–Trinajstić information content (AvgIpc) is 2.65. The second-order valence-corrected chi connectivity index (χ2v) is 5.95. The third-order valence-electron chi connectivity index (χ3n) is 4.22. The van der Waals surface area contributed by atoms with E-state index in [1.807, 2.05) is 7.05 Å². The maximum absolute atomic E-state index is 6.15. The molecular formula is C16H25NO. The van der Waals surface area contributed by atoms with Crippen LogP contribution in [0.4, 0.5) is 0 Å². The van der Waals surface area contributed by atoms with Gasteiger partial charge in [0.2, 0.25) is 0 Å². The van der Waals surface area contributed by atoms with Gasteiger partial charge in [-0.15, -0.1) is 0 Å². The van der Waals surface area contributed by atoms with E-state index in [4.69, 9.17) is 4.74 Å². The van der Waals surface area contributed by atoms with Crippen LogP contribution < -0.4 is 10.1 Å². The summed E-state index contributed by atoms with van der Waals surface area (Å²) in [6.45, 7) is 6.81. The highest BCUT2D eigenvalue weighted by Crippen LogP contribution is 2.39. The molecule has 0 amide bonds. The molecule has 1 aromatic carbocycles. The lowest BCUT2D eigenvalue weighted by atomic mass is 9.87. The molecule has 1 aliphatic rings. The number of benzene rings is 1. The van der Waals surface area contributed by atoms with Crippen molar-refractivity contribution in [2.75, 3.05) is 7.05 Å². The lowest BCUT2D eigenvalue weighted by Crippen LogP contribution is -2.44. The van der Waals surface area contributed by atoms with Crippen molar-refractivity contribution in [3.63, 3.8) is 0 Å². The number of aryl methyl sites for hydroxylation is 1. The van der Waals surface area contributed by atoms with Gasteiger partial charge in [-0.3, -0.25) is 0 Å². The van der Waals surface area contributed by atoms with Crippen LogP contribution in [-0.4, -0.2) is 19.2 Å². The van der Waals surface area contributed by atoms with Gasteiger partial charge in [0.15, 0.2) is 0 Å². The minimum absolute atomic E-state index is 0.289. The van der Waals surface area contributed by atoms with Crippen molar-refractivity contribution in [1.82, 2.24) is 5.32 Å².